The molecule has 0 heterocycles. The van der Waals surface area contributed by atoms with Crippen LogP contribution >= 0.6 is 0 Å². The number of hydrogen-bond acceptors (Lipinski definition) is 3. The minimum absolute atomic E-state index is 0.0993. The van der Waals surface area contributed by atoms with Gasteiger partial charge in [-0.1, -0.05) is 24.3 Å². The molecule has 0 saturated heterocycles. The lowest BCUT2D eigenvalue weighted by Crippen LogP contribution is -2.56. The van der Waals surface area contributed by atoms with Crippen LogP contribution in [0.4, 0.5) is 26.3 Å². The molecule has 160 valence electrons. The van der Waals surface area contributed by atoms with E-state index in [1.165, 1.54) is 38.5 Å². The van der Waals surface area contributed by atoms with Crippen molar-refractivity contribution in [2.45, 2.75) is 32.3 Å². The molecule has 10 heteroatoms. The van der Waals surface area contributed by atoms with Crippen LogP contribution in [0.2, 0.25) is 0 Å². The van der Waals surface area contributed by atoms with Crippen LogP contribution < -0.4 is 5.19 Å². The molecule has 0 aliphatic rings. The van der Waals surface area contributed by atoms with Crippen molar-refractivity contribution in [3.63, 3.8) is 0 Å². The predicted molar refractivity (Wildman–Crippen MR) is 97.5 cm³/mol. The third kappa shape index (κ3) is 5.38. The second-order valence-corrected chi connectivity index (χ2v) is 9.24. The van der Waals surface area contributed by atoms with Gasteiger partial charge in [0, 0.05) is 25.5 Å². The average Bonchev–Trinajstić information content (AvgIpc) is 2.64. The molecular formula is C19H20F6O3Si. The van der Waals surface area contributed by atoms with Gasteiger partial charge in [-0.3, -0.25) is 0 Å². The molecule has 0 fully saturated rings. The topological polar surface area (TPSA) is 27.7 Å². The van der Waals surface area contributed by atoms with Crippen LogP contribution in [0.3, 0.4) is 0 Å². The van der Waals surface area contributed by atoms with E-state index in [4.69, 9.17) is 13.3 Å². The number of halogens is 6. The minimum Gasteiger partial charge on any atom is -0.373 e. The Morgan fingerprint density at radius 2 is 1.17 bits per heavy atom. The highest BCUT2D eigenvalue weighted by atomic mass is 28.4. The van der Waals surface area contributed by atoms with Crippen molar-refractivity contribution in [1.82, 2.24) is 0 Å². The third-order valence-electron chi connectivity index (χ3n) is 4.09. The molecule has 0 aliphatic carbocycles. The monoisotopic (exact) mass is 438 g/mol. The van der Waals surface area contributed by atoms with Crippen molar-refractivity contribution in [2.24, 2.45) is 0 Å². The molecule has 0 amide bonds. The van der Waals surface area contributed by atoms with E-state index in [0.29, 0.717) is 17.3 Å². The lowest BCUT2D eigenvalue weighted by Gasteiger charge is -2.28. The molecule has 2 aromatic carbocycles. The molecule has 0 spiro atoms. The Labute approximate surface area is 165 Å². The molecule has 0 aliphatic heterocycles. The second-order valence-electron chi connectivity index (χ2n) is 6.50. The summed E-state index contributed by atoms with van der Waals surface area (Å²) < 4.78 is 95.1. The van der Waals surface area contributed by atoms with E-state index in [1.54, 1.807) is 13.8 Å². The van der Waals surface area contributed by atoms with Crippen molar-refractivity contribution in [3.05, 3.63) is 53.6 Å². The van der Waals surface area contributed by atoms with Crippen molar-refractivity contribution in [2.75, 3.05) is 14.2 Å². The fraction of sp³-hybridized carbons (Fsp3) is 0.368. The zero-order valence-electron chi connectivity index (χ0n) is 16.1. The second kappa shape index (κ2) is 8.47. The quantitative estimate of drug-likeness (QED) is 0.455. The van der Waals surface area contributed by atoms with Gasteiger partial charge in [-0.25, -0.2) is 0 Å². The highest BCUT2D eigenvalue weighted by Gasteiger charge is 2.43. The molecule has 0 radical (unpaired) electrons. The number of benzene rings is 2. The maximum absolute atomic E-state index is 13.1. The fourth-order valence-corrected chi connectivity index (χ4v) is 4.94. The Morgan fingerprint density at radius 3 is 1.52 bits per heavy atom. The predicted octanol–water partition coefficient (Wildman–Crippen LogP) is 5.25. The van der Waals surface area contributed by atoms with Crippen LogP contribution in [-0.4, -0.2) is 29.1 Å². The first-order valence-electron chi connectivity index (χ1n) is 8.51. The summed E-state index contributed by atoms with van der Waals surface area (Å²) in [6, 6.07) is 7.33. The molecule has 0 saturated carbocycles. The summed E-state index contributed by atoms with van der Waals surface area (Å²) in [5.74, 6) is 0. The van der Waals surface area contributed by atoms with Gasteiger partial charge >= 0.3 is 21.2 Å². The highest BCUT2D eigenvalue weighted by molar-refractivity contribution is 6.75. The van der Waals surface area contributed by atoms with Gasteiger partial charge in [0.05, 0.1) is 11.1 Å². The lowest BCUT2D eigenvalue weighted by molar-refractivity contribution is -0.143. The standard InChI is InChI=1S/C19H20F6O3Si/c1-12(2)28-29(26-3,27-4)17-7-5-13(6-8-17)14-9-15(18(20,21)22)11-16(10-14)19(23,24)25/h5-12H,1-4H3. The highest BCUT2D eigenvalue weighted by Crippen LogP contribution is 2.38. The van der Waals surface area contributed by atoms with Crippen LogP contribution in [0, 0.1) is 0 Å². The molecule has 2 aromatic rings. The summed E-state index contributed by atoms with van der Waals surface area (Å²) in [5, 5.41) is 0.531. The van der Waals surface area contributed by atoms with Gasteiger partial charge in [-0.15, -0.1) is 0 Å². The van der Waals surface area contributed by atoms with Crippen molar-refractivity contribution in [3.8, 4) is 11.1 Å². The van der Waals surface area contributed by atoms with Crippen LogP contribution in [0.15, 0.2) is 42.5 Å². The largest absolute Gasteiger partial charge is 0.536 e. The normalized spacial score (nSPS) is 13.2. The Balaban J connectivity index is 2.53. The van der Waals surface area contributed by atoms with Gasteiger partial charge < -0.3 is 13.3 Å². The summed E-state index contributed by atoms with van der Waals surface area (Å²) >= 11 is 0. The molecule has 0 aromatic heterocycles. The Kier molecular flexibility index (Phi) is 6.83. The zero-order chi connectivity index (χ0) is 22.0. The molecule has 29 heavy (non-hydrogen) atoms. The van der Waals surface area contributed by atoms with Gasteiger partial charge in [0.15, 0.2) is 0 Å². The first-order chi connectivity index (χ1) is 13.3. The van der Waals surface area contributed by atoms with E-state index in [1.807, 2.05) is 0 Å². The molecule has 2 rings (SSSR count). The first-order valence-corrected chi connectivity index (χ1v) is 10.2. The van der Waals surface area contributed by atoms with E-state index >= 15 is 0 Å². The maximum Gasteiger partial charge on any atom is 0.536 e. The first kappa shape index (κ1) is 23.4. The summed E-state index contributed by atoms with van der Waals surface area (Å²) in [4.78, 5) is 0. The van der Waals surface area contributed by atoms with Crippen LogP contribution in [0.5, 0.6) is 0 Å². The SMILES string of the molecule is CO[Si](OC)(OC(C)C)c1ccc(-c2cc(C(F)(F)F)cc(C(F)(F)F)c2)cc1. The third-order valence-corrected chi connectivity index (χ3v) is 6.98. The van der Waals surface area contributed by atoms with Crippen molar-refractivity contribution < 1.29 is 39.6 Å². The van der Waals surface area contributed by atoms with E-state index in [0.717, 1.165) is 0 Å². The van der Waals surface area contributed by atoms with Gasteiger partial charge in [0.1, 0.15) is 0 Å². The van der Waals surface area contributed by atoms with E-state index < -0.39 is 32.3 Å². The summed E-state index contributed by atoms with van der Waals surface area (Å²) in [7, 11) is -0.426. The molecule has 0 N–H and O–H groups in total. The van der Waals surface area contributed by atoms with Gasteiger partial charge in [0.2, 0.25) is 0 Å². The van der Waals surface area contributed by atoms with E-state index in [2.05, 4.69) is 0 Å². The molecule has 0 unspecified atom stereocenters. The van der Waals surface area contributed by atoms with Gasteiger partial charge in [-0.2, -0.15) is 26.3 Å². The van der Waals surface area contributed by atoms with E-state index in [9.17, 15) is 26.3 Å². The fourth-order valence-electron chi connectivity index (χ4n) is 2.78. The molecule has 3 nitrogen and oxygen atoms in total. The van der Waals surface area contributed by atoms with Crippen LogP contribution in [0.25, 0.3) is 11.1 Å². The number of alkyl halides is 6. The summed E-state index contributed by atoms with van der Waals surface area (Å²) in [6.07, 6.45) is -10.0. The summed E-state index contributed by atoms with van der Waals surface area (Å²) in [6.45, 7) is 3.57. The molecular weight excluding hydrogens is 418 g/mol. The van der Waals surface area contributed by atoms with Crippen LogP contribution in [0.1, 0.15) is 25.0 Å². The van der Waals surface area contributed by atoms with Gasteiger partial charge in [-0.05, 0) is 43.2 Å². The number of rotatable bonds is 6. The Morgan fingerprint density at radius 1 is 0.724 bits per heavy atom. The van der Waals surface area contributed by atoms with Crippen molar-refractivity contribution >= 4 is 14.0 Å². The average molecular weight is 438 g/mol. The van der Waals surface area contributed by atoms with E-state index in [-0.39, 0.29) is 23.3 Å². The minimum atomic E-state index is -4.91. The molecule has 0 bridgehead atoms. The smallest absolute Gasteiger partial charge is 0.373 e. The zero-order valence-corrected chi connectivity index (χ0v) is 17.1. The van der Waals surface area contributed by atoms with Crippen LogP contribution in [-0.2, 0) is 25.6 Å². The number of hydrogen-bond donors (Lipinski definition) is 0. The maximum atomic E-state index is 13.1. The van der Waals surface area contributed by atoms with Crippen molar-refractivity contribution in [1.29, 1.82) is 0 Å². The Hall–Kier alpha value is -1.88. The molecule has 0 atom stereocenters. The summed E-state index contributed by atoms with van der Waals surface area (Å²) in [5.41, 5.74) is -2.75. The van der Waals surface area contributed by atoms with Gasteiger partial charge in [0.25, 0.3) is 0 Å². The Bertz CT molecular complexity index is 795. The lowest BCUT2D eigenvalue weighted by atomic mass is 9.99.